The molecule has 2 aromatic rings. The zero-order valence-electron chi connectivity index (χ0n) is 15.5. The minimum atomic E-state index is -4.64. The molecule has 30 heavy (non-hydrogen) atoms. The number of hydrogen-bond acceptors (Lipinski definition) is 4. The molecular weight excluding hydrogens is 418 g/mol. The zero-order chi connectivity index (χ0) is 21.9. The molecule has 13 heteroatoms. The van der Waals surface area contributed by atoms with Gasteiger partial charge in [0.25, 0.3) is 0 Å². The van der Waals surface area contributed by atoms with Crippen molar-refractivity contribution in [3.8, 4) is 0 Å². The molecule has 0 saturated heterocycles. The van der Waals surface area contributed by atoms with E-state index in [1.807, 2.05) is 0 Å². The van der Waals surface area contributed by atoms with E-state index in [-0.39, 0.29) is 12.1 Å². The molecule has 7 nitrogen and oxygen atoms in total. The number of carbonyl (C=O) groups is 1. The summed E-state index contributed by atoms with van der Waals surface area (Å²) >= 11 is 0. The monoisotopic (exact) mass is 436 g/mol. The number of nitrogens with one attached hydrogen (secondary N) is 2. The van der Waals surface area contributed by atoms with Gasteiger partial charge in [-0.05, 0) is 46.9 Å². The minimum Gasteiger partial charge on any atom is -0.331 e. The minimum absolute atomic E-state index is 0.103. The van der Waals surface area contributed by atoms with Gasteiger partial charge in [0.1, 0.15) is 0 Å². The molecule has 0 radical (unpaired) electrons. The van der Waals surface area contributed by atoms with Gasteiger partial charge in [-0.25, -0.2) is 9.48 Å². The molecule has 3 rings (SSSR count). The molecule has 1 atom stereocenters. The van der Waals surface area contributed by atoms with Crippen LogP contribution in [0.2, 0.25) is 0 Å². The third-order valence-corrected chi connectivity index (χ3v) is 4.52. The fourth-order valence-corrected chi connectivity index (χ4v) is 2.79. The average molecular weight is 436 g/mol. The Morgan fingerprint density at radius 2 is 1.80 bits per heavy atom. The van der Waals surface area contributed by atoms with Crippen molar-refractivity contribution in [2.45, 2.75) is 50.7 Å². The maximum Gasteiger partial charge on any atom is 0.416 e. The van der Waals surface area contributed by atoms with Gasteiger partial charge in [0.15, 0.2) is 5.82 Å². The number of tetrazole rings is 1. The quantitative estimate of drug-likeness (QED) is 0.650. The number of rotatable bonds is 7. The third-order valence-electron chi connectivity index (χ3n) is 4.52. The Bertz CT molecular complexity index is 859. The molecule has 1 saturated carbocycles. The fraction of sp³-hybridized carbons (Fsp3) is 0.529. The van der Waals surface area contributed by atoms with E-state index < -0.39 is 36.4 Å². The number of alkyl halides is 6. The molecule has 164 valence electrons. The van der Waals surface area contributed by atoms with Gasteiger partial charge in [-0.15, -0.1) is 5.10 Å². The highest BCUT2D eigenvalue weighted by Gasteiger charge is 2.35. The summed E-state index contributed by atoms with van der Waals surface area (Å²) in [4.78, 5) is 12.1. The van der Waals surface area contributed by atoms with Gasteiger partial charge in [0.05, 0.1) is 24.6 Å². The molecule has 1 aliphatic carbocycles. The van der Waals surface area contributed by atoms with Crippen LogP contribution in [0.3, 0.4) is 0 Å². The standard InChI is InChI=1S/C17H18F6N6O/c18-16(19,20)7-13(11-3-5-12(6-4-11)17(21,22)23)25-15(30)24-8-14-26-27-28-29(14)9-10-1-2-10/h3-6,10,13H,1-2,7-9H2,(H2,24,25,30). The first-order valence-corrected chi connectivity index (χ1v) is 9.04. The maximum atomic E-state index is 12.9. The number of nitrogens with zero attached hydrogens (tertiary/aromatic N) is 4. The highest BCUT2D eigenvalue weighted by Crippen LogP contribution is 2.33. The number of urea groups is 1. The molecule has 2 N–H and O–H groups in total. The van der Waals surface area contributed by atoms with E-state index >= 15 is 0 Å². The predicted octanol–water partition coefficient (Wildman–Crippen LogP) is 3.59. The van der Waals surface area contributed by atoms with Gasteiger partial charge in [-0.2, -0.15) is 26.3 Å². The van der Waals surface area contributed by atoms with Crippen LogP contribution in [-0.2, 0) is 19.3 Å². The first-order valence-electron chi connectivity index (χ1n) is 9.04. The molecular formula is C17H18F6N6O. The molecule has 0 spiro atoms. The normalized spacial score (nSPS) is 15.7. The maximum absolute atomic E-state index is 12.9. The first-order chi connectivity index (χ1) is 14.0. The summed E-state index contributed by atoms with van der Waals surface area (Å²) in [6, 6.07) is 0.680. The van der Waals surface area contributed by atoms with Crippen molar-refractivity contribution in [2.75, 3.05) is 0 Å². The van der Waals surface area contributed by atoms with Crippen molar-refractivity contribution >= 4 is 6.03 Å². The Hall–Kier alpha value is -2.86. The van der Waals surface area contributed by atoms with E-state index in [9.17, 15) is 31.1 Å². The van der Waals surface area contributed by atoms with Crippen LogP contribution in [0.5, 0.6) is 0 Å². The van der Waals surface area contributed by atoms with Crippen LogP contribution in [0.25, 0.3) is 0 Å². The molecule has 1 aromatic heterocycles. The SMILES string of the molecule is O=C(NCc1nnnn1CC1CC1)NC(CC(F)(F)F)c1ccc(C(F)(F)F)cc1. The number of aromatic nitrogens is 4. The van der Waals surface area contributed by atoms with Crippen LogP contribution in [0, 0.1) is 5.92 Å². The molecule has 1 aromatic carbocycles. The summed E-state index contributed by atoms with van der Waals surface area (Å²) in [6.45, 7) is 0.477. The second-order valence-corrected chi connectivity index (χ2v) is 7.04. The van der Waals surface area contributed by atoms with E-state index in [1.54, 1.807) is 0 Å². The molecule has 0 bridgehead atoms. The lowest BCUT2D eigenvalue weighted by atomic mass is 10.0. The Morgan fingerprint density at radius 3 is 2.37 bits per heavy atom. The highest BCUT2D eigenvalue weighted by molar-refractivity contribution is 5.74. The lowest BCUT2D eigenvalue weighted by Gasteiger charge is -2.21. The Morgan fingerprint density at radius 1 is 1.13 bits per heavy atom. The topological polar surface area (TPSA) is 84.7 Å². The zero-order valence-corrected chi connectivity index (χ0v) is 15.5. The highest BCUT2D eigenvalue weighted by atomic mass is 19.4. The van der Waals surface area contributed by atoms with Crippen molar-refractivity contribution in [3.05, 3.63) is 41.2 Å². The molecule has 1 unspecified atom stereocenters. The summed E-state index contributed by atoms with van der Waals surface area (Å²) in [7, 11) is 0. The molecule has 0 aliphatic heterocycles. The average Bonchev–Trinajstić information content (AvgIpc) is 3.34. The number of halogens is 6. The summed E-state index contributed by atoms with van der Waals surface area (Å²) in [5.41, 5.74) is -1.10. The summed E-state index contributed by atoms with van der Waals surface area (Å²) < 4.78 is 78.3. The van der Waals surface area contributed by atoms with E-state index in [0.717, 1.165) is 25.0 Å². The lowest BCUT2D eigenvalue weighted by molar-refractivity contribution is -0.140. The van der Waals surface area contributed by atoms with Gasteiger partial charge in [0, 0.05) is 6.54 Å². The Labute approximate surface area is 166 Å². The van der Waals surface area contributed by atoms with E-state index in [2.05, 4.69) is 26.2 Å². The third kappa shape index (κ3) is 6.32. The number of amides is 2. The van der Waals surface area contributed by atoms with Crippen LogP contribution in [0.15, 0.2) is 24.3 Å². The Balaban J connectivity index is 1.64. The summed E-state index contributed by atoms with van der Waals surface area (Å²) in [6.07, 6.45) is -8.59. The van der Waals surface area contributed by atoms with Crippen LogP contribution in [0.1, 0.15) is 42.3 Å². The molecule has 1 fully saturated rings. The van der Waals surface area contributed by atoms with E-state index in [4.69, 9.17) is 0 Å². The summed E-state index contributed by atoms with van der Waals surface area (Å²) in [5, 5.41) is 15.6. The van der Waals surface area contributed by atoms with Crippen molar-refractivity contribution in [2.24, 2.45) is 5.92 Å². The lowest BCUT2D eigenvalue weighted by Crippen LogP contribution is -2.39. The summed E-state index contributed by atoms with van der Waals surface area (Å²) in [5.74, 6) is 0.816. The number of benzene rings is 1. The smallest absolute Gasteiger partial charge is 0.331 e. The molecule has 2 amide bonds. The first kappa shape index (κ1) is 21.8. The number of hydrogen-bond donors (Lipinski definition) is 2. The van der Waals surface area contributed by atoms with E-state index in [1.165, 1.54) is 4.68 Å². The van der Waals surface area contributed by atoms with Crippen molar-refractivity contribution in [1.29, 1.82) is 0 Å². The predicted molar refractivity (Wildman–Crippen MR) is 90.8 cm³/mol. The largest absolute Gasteiger partial charge is 0.416 e. The van der Waals surface area contributed by atoms with Crippen LogP contribution < -0.4 is 10.6 Å². The van der Waals surface area contributed by atoms with Gasteiger partial charge in [0.2, 0.25) is 0 Å². The second kappa shape index (κ2) is 8.48. The van der Waals surface area contributed by atoms with Crippen LogP contribution in [0.4, 0.5) is 31.1 Å². The fourth-order valence-electron chi connectivity index (χ4n) is 2.79. The second-order valence-electron chi connectivity index (χ2n) is 7.04. The van der Waals surface area contributed by atoms with Gasteiger partial charge < -0.3 is 10.6 Å². The van der Waals surface area contributed by atoms with Gasteiger partial charge in [-0.1, -0.05) is 12.1 Å². The van der Waals surface area contributed by atoms with Crippen molar-refractivity contribution in [3.63, 3.8) is 0 Å². The van der Waals surface area contributed by atoms with Crippen molar-refractivity contribution in [1.82, 2.24) is 30.8 Å². The Kier molecular flexibility index (Phi) is 6.17. The van der Waals surface area contributed by atoms with Crippen molar-refractivity contribution < 1.29 is 31.1 Å². The van der Waals surface area contributed by atoms with Gasteiger partial charge in [-0.3, -0.25) is 0 Å². The van der Waals surface area contributed by atoms with Gasteiger partial charge >= 0.3 is 18.4 Å². The molecule has 1 aliphatic rings. The van der Waals surface area contributed by atoms with Crippen LogP contribution >= 0.6 is 0 Å². The van der Waals surface area contributed by atoms with E-state index in [0.29, 0.717) is 30.4 Å². The number of carbonyl (C=O) groups excluding carboxylic acids is 1. The van der Waals surface area contributed by atoms with Crippen LogP contribution in [-0.4, -0.2) is 32.4 Å². The molecule has 1 heterocycles.